The van der Waals surface area contributed by atoms with E-state index in [1.807, 2.05) is 31.2 Å². The Morgan fingerprint density at radius 2 is 2.26 bits per heavy atom. The molecule has 0 aliphatic rings. The van der Waals surface area contributed by atoms with Crippen LogP contribution < -0.4 is 10.1 Å². The standard InChI is InChI=1S/C14H14BrNO3/c1-10(13-6-3-7-18-13)16-14(17)9-19-12-5-2-4-11(15)8-12/h2-8,10H,9H2,1H3,(H,16,17)/t10-/m1/s1. The molecule has 0 saturated heterocycles. The molecular weight excluding hydrogens is 310 g/mol. The van der Waals surface area contributed by atoms with E-state index in [-0.39, 0.29) is 18.6 Å². The third kappa shape index (κ3) is 4.13. The van der Waals surface area contributed by atoms with Gasteiger partial charge in [-0.15, -0.1) is 0 Å². The lowest BCUT2D eigenvalue weighted by Gasteiger charge is -2.12. The molecule has 0 saturated carbocycles. The number of hydrogen-bond acceptors (Lipinski definition) is 3. The zero-order valence-corrected chi connectivity index (χ0v) is 12.0. The number of benzene rings is 1. The molecule has 100 valence electrons. The summed E-state index contributed by atoms with van der Waals surface area (Å²) in [6.07, 6.45) is 1.58. The summed E-state index contributed by atoms with van der Waals surface area (Å²) < 4.78 is 11.5. The molecule has 5 heteroatoms. The Bertz CT molecular complexity index is 539. The van der Waals surface area contributed by atoms with Gasteiger partial charge in [0.25, 0.3) is 5.91 Å². The molecule has 0 unspecified atom stereocenters. The second-order valence-electron chi connectivity index (χ2n) is 4.05. The fourth-order valence-corrected chi connectivity index (χ4v) is 1.98. The summed E-state index contributed by atoms with van der Waals surface area (Å²) in [6, 6.07) is 10.8. The normalized spacial score (nSPS) is 11.9. The summed E-state index contributed by atoms with van der Waals surface area (Å²) in [7, 11) is 0. The van der Waals surface area contributed by atoms with E-state index in [9.17, 15) is 4.79 Å². The first-order valence-corrected chi connectivity index (χ1v) is 6.65. The molecule has 2 aromatic rings. The van der Waals surface area contributed by atoms with Crippen molar-refractivity contribution in [3.05, 3.63) is 52.9 Å². The molecule has 1 atom stereocenters. The highest BCUT2D eigenvalue weighted by molar-refractivity contribution is 9.10. The number of halogens is 1. The fraction of sp³-hybridized carbons (Fsp3) is 0.214. The van der Waals surface area contributed by atoms with Crippen molar-refractivity contribution in [1.82, 2.24) is 5.32 Å². The van der Waals surface area contributed by atoms with Gasteiger partial charge in [0.15, 0.2) is 6.61 Å². The van der Waals surface area contributed by atoms with Crippen molar-refractivity contribution in [2.45, 2.75) is 13.0 Å². The van der Waals surface area contributed by atoms with Crippen molar-refractivity contribution in [2.24, 2.45) is 0 Å². The predicted octanol–water partition coefficient (Wildman–Crippen LogP) is 3.30. The lowest BCUT2D eigenvalue weighted by atomic mass is 10.2. The molecular formula is C14H14BrNO3. The minimum absolute atomic E-state index is 0.0263. The van der Waals surface area contributed by atoms with Gasteiger partial charge >= 0.3 is 0 Å². The molecule has 0 radical (unpaired) electrons. The molecule has 0 aliphatic carbocycles. The third-order valence-electron chi connectivity index (χ3n) is 2.51. The molecule has 1 heterocycles. The maximum absolute atomic E-state index is 11.7. The van der Waals surface area contributed by atoms with Gasteiger partial charge in [0.1, 0.15) is 11.5 Å². The monoisotopic (exact) mass is 323 g/mol. The molecule has 1 aromatic heterocycles. The van der Waals surface area contributed by atoms with Crippen LogP contribution in [0.5, 0.6) is 5.75 Å². The van der Waals surface area contributed by atoms with Crippen molar-refractivity contribution in [2.75, 3.05) is 6.61 Å². The molecule has 4 nitrogen and oxygen atoms in total. The van der Waals surface area contributed by atoms with Crippen molar-refractivity contribution in [3.63, 3.8) is 0 Å². The topological polar surface area (TPSA) is 51.5 Å². The van der Waals surface area contributed by atoms with E-state index in [0.29, 0.717) is 5.75 Å². The molecule has 1 amide bonds. The second kappa shape index (κ2) is 6.43. The second-order valence-corrected chi connectivity index (χ2v) is 4.97. The summed E-state index contributed by atoms with van der Waals surface area (Å²) in [6.45, 7) is 1.83. The molecule has 19 heavy (non-hydrogen) atoms. The SMILES string of the molecule is C[C@@H](NC(=O)COc1cccc(Br)c1)c1ccco1. The number of carbonyl (C=O) groups excluding carboxylic acids is 1. The lowest BCUT2D eigenvalue weighted by Crippen LogP contribution is -2.31. The van der Waals surface area contributed by atoms with E-state index in [0.717, 1.165) is 10.2 Å². The van der Waals surface area contributed by atoms with Gasteiger partial charge in [-0.1, -0.05) is 22.0 Å². The highest BCUT2D eigenvalue weighted by Gasteiger charge is 2.12. The van der Waals surface area contributed by atoms with Crippen LogP contribution in [0.15, 0.2) is 51.6 Å². The number of rotatable bonds is 5. The van der Waals surface area contributed by atoms with Crippen molar-refractivity contribution >= 4 is 21.8 Å². The summed E-state index contributed by atoms with van der Waals surface area (Å²) >= 11 is 3.34. The molecule has 2 rings (SSSR count). The molecule has 0 aliphatic heterocycles. The highest BCUT2D eigenvalue weighted by atomic mass is 79.9. The number of hydrogen-bond donors (Lipinski definition) is 1. The van der Waals surface area contributed by atoms with Crippen LogP contribution in [0.4, 0.5) is 0 Å². The maximum Gasteiger partial charge on any atom is 0.258 e. The number of amides is 1. The lowest BCUT2D eigenvalue weighted by molar-refractivity contribution is -0.123. The molecule has 1 aromatic carbocycles. The van der Waals surface area contributed by atoms with Crippen LogP contribution in [-0.4, -0.2) is 12.5 Å². The Kier molecular flexibility index (Phi) is 4.63. The van der Waals surface area contributed by atoms with Crippen LogP contribution >= 0.6 is 15.9 Å². The predicted molar refractivity (Wildman–Crippen MR) is 74.9 cm³/mol. The Morgan fingerprint density at radius 3 is 2.95 bits per heavy atom. The van der Waals surface area contributed by atoms with Gasteiger partial charge in [0, 0.05) is 4.47 Å². The first kappa shape index (κ1) is 13.7. The van der Waals surface area contributed by atoms with Crippen molar-refractivity contribution in [3.8, 4) is 5.75 Å². The zero-order chi connectivity index (χ0) is 13.7. The summed E-state index contributed by atoms with van der Waals surface area (Å²) in [5.41, 5.74) is 0. The van der Waals surface area contributed by atoms with E-state index in [4.69, 9.17) is 9.15 Å². The Balaban J connectivity index is 1.82. The largest absolute Gasteiger partial charge is 0.484 e. The summed E-state index contributed by atoms with van der Waals surface area (Å²) in [5, 5.41) is 2.80. The van der Waals surface area contributed by atoms with Gasteiger partial charge in [0.05, 0.1) is 12.3 Å². The number of furan rings is 1. The Hall–Kier alpha value is -1.75. The highest BCUT2D eigenvalue weighted by Crippen LogP contribution is 2.17. The van der Waals surface area contributed by atoms with E-state index < -0.39 is 0 Å². The van der Waals surface area contributed by atoms with Crippen molar-refractivity contribution < 1.29 is 13.9 Å². The van der Waals surface area contributed by atoms with Gasteiger partial charge in [-0.3, -0.25) is 4.79 Å². The van der Waals surface area contributed by atoms with E-state index >= 15 is 0 Å². The average Bonchev–Trinajstić information content (AvgIpc) is 2.90. The Morgan fingerprint density at radius 1 is 1.42 bits per heavy atom. The minimum atomic E-state index is -0.191. The van der Waals surface area contributed by atoms with E-state index in [1.54, 1.807) is 18.4 Å². The molecule has 0 bridgehead atoms. The van der Waals surface area contributed by atoms with Gasteiger partial charge in [-0.25, -0.2) is 0 Å². The van der Waals surface area contributed by atoms with Crippen LogP contribution in [0.3, 0.4) is 0 Å². The van der Waals surface area contributed by atoms with Crippen LogP contribution in [0.1, 0.15) is 18.7 Å². The number of carbonyl (C=O) groups is 1. The van der Waals surface area contributed by atoms with Crippen LogP contribution in [0, 0.1) is 0 Å². The average molecular weight is 324 g/mol. The van der Waals surface area contributed by atoms with Gasteiger partial charge in [-0.2, -0.15) is 0 Å². The first-order valence-electron chi connectivity index (χ1n) is 5.86. The number of ether oxygens (including phenoxy) is 1. The smallest absolute Gasteiger partial charge is 0.258 e. The van der Waals surface area contributed by atoms with Gasteiger partial charge in [-0.05, 0) is 37.3 Å². The summed E-state index contributed by atoms with van der Waals surface area (Å²) in [5.74, 6) is 1.18. The Labute approximate surface area is 119 Å². The van der Waals surface area contributed by atoms with Crippen LogP contribution in [-0.2, 0) is 4.79 Å². The molecule has 0 fully saturated rings. The minimum Gasteiger partial charge on any atom is -0.484 e. The fourth-order valence-electron chi connectivity index (χ4n) is 1.60. The van der Waals surface area contributed by atoms with Crippen LogP contribution in [0.2, 0.25) is 0 Å². The maximum atomic E-state index is 11.7. The summed E-state index contributed by atoms with van der Waals surface area (Å²) in [4.78, 5) is 11.7. The molecule has 0 spiro atoms. The van der Waals surface area contributed by atoms with Crippen LogP contribution in [0.25, 0.3) is 0 Å². The van der Waals surface area contributed by atoms with Gasteiger partial charge < -0.3 is 14.5 Å². The third-order valence-corrected chi connectivity index (χ3v) is 3.01. The zero-order valence-electron chi connectivity index (χ0n) is 10.4. The quantitative estimate of drug-likeness (QED) is 0.918. The van der Waals surface area contributed by atoms with Gasteiger partial charge in [0.2, 0.25) is 0 Å². The van der Waals surface area contributed by atoms with Crippen molar-refractivity contribution in [1.29, 1.82) is 0 Å². The first-order chi connectivity index (χ1) is 9.15. The van der Waals surface area contributed by atoms with E-state index in [1.165, 1.54) is 0 Å². The van der Waals surface area contributed by atoms with E-state index in [2.05, 4.69) is 21.2 Å². The number of nitrogens with one attached hydrogen (secondary N) is 1. The molecule has 1 N–H and O–H groups in total.